The van der Waals surface area contributed by atoms with Crippen LogP contribution in [0, 0.1) is 5.41 Å². The molecule has 0 atom stereocenters. The Morgan fingerprint density at radius 2 is 1.69 bits per heavy atom. The first kappa shape index (κ1) is 21.2. The molecule has 0 bridgehead atoms. The number of Topliss-reactive ketones (excluding diaryl/α,β-unsaturated/α-hetero) is 1. The molecule has 1 heterocycles. The summed E-state index contributed by atoms with van der Waals surface area (Å²) in [5, 5.41) is 0. The zero-order valence-corrected chi connectivity index (χ0v) is 18.3. The SMILES string of the molecule is CC(C)(CC(=O)c1ccc2c(c1)C(C)(C)C(=O)N2c1ccccc1)CS(C)(=O)=O. The molecule has 0 N–H and O–H groups in total. The third-order valence-electron chi connectivity index (χ3n) is 5.28. The van der Waals surface area contributed by atoms with E-state index in [0.717, 1.165) is 16.9 Å². The molecule has 1 amide bonds. The van der Waals surface area contributed by atoms with Crippen LogP contribution in [-0.4, -0.2) is 32.1 Å². The number of anilines is 2. The smallest absolute Gasteiger partial charge is 0.241 e. The van der Waals surface area contributed by atoms with Gasteiger partial charge in [0.1, 0.15) is 9.84 Å². The second-order valence-electron chi connectivity index (χ2n) is 9.17. The molecular weight excluding hydrogens is 386 g/mol. The molecule has 5 nitrogen and oxygen atoms in total. The fourth-order valence-electron chi connectivity index (χ4n) is 4.04. The molecule has 0 saturated heterocycles. The summed E-state index contributed by atoms with van der Waals surface area (Å²) in [5.41, 5.74) is 1.45. The lowest BCUT2D eigenvalue weighted by Gasteiger charge is -2.23. The number of ketones is 1. The third kappa shape index (κ3) is 4.27. The fraction of sp³-hybridized carbons (Fsp3) is 0.391. The molecule has 1 aliphatic rings. The van der Waals surface area contributed by atoms with Gasteiger partial charge in [0.15, 0.2) is 5.78 Å². The number of nitrogens with zero attached hydrogens (tertiary/aromatic N) is 1. The van der Waals surface area contributed by atoms with Crippen LogP contribution in [0.3, 0.4) is 0 Å². The Bertz CT molecular complexity index is 1070. The molecule has 0 saturated carbocycles. The van der Waals surface area contributed by atoms with E-state index >= 15 is 0 Å². The highest BCUT2D eigenvalue weighted by Gasteiger charge is 2.44. The number of rotatable bonds is 6. The maximum atomic E-state index is 13.1. The molecular formula is C23H27NO4S. The van der Waals surface area contributed by atoms with Crippen molar-refractivity contribution >= 4 is 32.9 Å². The quantitative estimate of drug-likeness (QED) is 0.663. The average molecular weight is 414 g/mol. The van der Waals surface area contributed by atoms with Gasteiger partial charge in [-0.15, -0.1) is 0 Å². The van der Waals surface area contributed by atoms with Crippen molar-refractivity contribution in [2.75, 3.05) is 16.9 Å². The molecule has 0 fully saturated rings. The molecule has 154 valence electrons. The zero-order valence-electron chi connectivity index (χ0n) is 17.5. The summed E-state index contributed by atoms with van der Waals surface area (Å²) in [6.45, 7) is 7.28. The van der Waals surface area contributed by atoms with Gasteiger partial charge in [0.05, 0.1) is 16.9 Å². The van der Waals surface area contributed by atoms with Gasteiger partial charge in [-0.2, -0.15) is 0 Å². The van der Waals surface area contributed by atoms with Crippen LogP contribution in [0.25, 0.3) is 0 Å². The lowest BCUT2D eigenvalue weighted by atomic mass is 9.83. The Morgan fingerprint density at radius 3 is 2.28 bits per heavy atom. The molecule has 0 aromatic heterocycles. The average Bonchev–Trinajstić information content (AvgIpc) is 2.79. The summed E-state index contributed by atoms with van der Waals surface area (Å²) in [5.74, 6) is -0.216. The molecule has 1 aliphatic heterocycles. The van der Waals surface area contributed by atoms with E-state index in [1.165, 1.54) is 6.26 Å². The normalized spacial score (nSPS) is 16.0. The van der Waals surface area contributed by atoms with Crippen molar-refractivity contribution in [3.8, 4) is 0 Å². The van der Waals surface area contributed by atoms with Crippen molar-refractivity contribution in [2.45, 2.75) is 39.5 Å². The Balaban J connectivity index is 1.96. The first-order chi connectivity index (χ1) is 13.3. The van der Waals surface area contributed by atoms with Crippen LogP contribution < -0.4 is 4.90 Å². The Morgan fingerprint density at radius 1 is 1.07 bits per heavy atom. The number of carbonyl (C=O) groups is 2. The van der Waals surface area contributed by atoms with E-state index in [4.69, 9.17) is 0 Å². The summed E-state index contributed by atoms with van der Waals surface area (Å²) >= 11 is 0. The summed E-state index contributed by atoms with van der Waals surface area (Å²) < 4.78 is 23.3. The molecule has 3 rings (SSSR count). The lowest BCUT2D eigenvalue weighted by molar-refractivity contribution is -0.121. The second kappa shape index (κ2) is 7.10. The van der Waals surface area contributed by atoms with Crippen LogP contribution in [0.5, 0.6) is 0 Å². The van der Waals surface area contributed by atoms with Gasteiger partial charge >= 0.3 is 0 Å². The molecule has 0 radical (unpaired) electrons. The highest BCUT2D eigenvalue weighted by Crippen LogP contribution is 2.45. The van der Waals surface area contributed by atoms with Crippen molar-refractivity contribution in [3.05, 3.63) is 59.7 Å². The van der Waals surface area contributed by atoms with E-state index in [1.807, 2.05) is 50.2 Å². The van der Waals surface area contributed by atoms with Crippen LogP contribution in [-0.2, 0) is 20.0 Å². The number of benzene rings is 2. The van der Waals surface area contributed by atoms with E-state index < -0.39 is 20.7 Å². The van der Waals surface area contributed by atoms with Crippen molar-refractivity contribution in [3.63, 3.8) is 0 Å². The summed E-state index contributed by atoms with van der Waals surface area (Å²) in [7, 11) is -3.19. The first-order valence-electron chi connectivity index (χ1n) is 9.57. The van der Waals surface area contributed by atoms with E-state index in [0.29, 0.717) is 5.56 Å². The number of sulfone groups is 1. The number of hydrogen-bond donors (Lipinski definition) is 0. The molecule has 0 spiro atoms. The number of para-hydroxylation sites is 1. The van der Waals surface area contributed by atoms with Gasteiger partial charge in [0.25, 0.3) is 0 Å². The second-order valence-corrected chi connectivity index (χ2v) is 11.3. The zero-order chi connectivity index (χ0) is 21.6. The van der Waals surface area contributed by atoms with Gasteiger partial charge in [-0.1, -0.05) is 32.0 Å². The molecule has 29 heavy (non-hydrogen) atoms. The monoisotopic (exact) mass is 413 g/mol. The van der Waals surface area contributed by atoms with Crippen molar-refractivity contribution in [1.29, 1.82) is 0 Å². The Hall–Kier alpha value is -2.47. The van der Waals surface area contributed by atoms with Crippen LogP contribution in [0.1, 0.15) is 50.0 Å². The number of fused-ring (bicyclic) bond motifs is 1. The predicted octanol–water partition coefficient (Wildman–Crippen LogP) is 4.29. The Labute approximate surface area is 172 Å². The molecule has 0 aliphatic carbocycles. The van der Waals surface area contributed by atoms with E-state index in [-0.39, 0.29) is 23.9 Å². The standard InChI is InChI=1S/C23H27NO4S/c1-22(2,15-29(5,27)28)14-20(25)16-11-12-19-18(13-16)23(3,4)21(26)24(19)17-9-7-6-8-10-17/h6-13H,14-15H2,1-5H3. The number of hydrogen-bond acceptors (Lipinski definition) is 4. The van der Waals surface area contributed by atoms with E-state index in [1.54, 1.807) is 30.9 Å². The van der Waals surface area contributed by atoms with Gasteiger partial charge in [-0.05, 0) is 55.2 Å². The Kier molecular flexibility index (Phi) is 5.20. The maximum Gasteiger partial charge on any atom is 0.241 e. The molecule has 6 heteroatoms. The van der Waals surface area contributed by atoms with Crippen LogP contribution in [0.2, 0.25) is 0 Å². The molecule has 2 aromatic rings. The summed E-state index contributed by atoms with van der Waals surface area (Å²) in [6.07, 6.45) is 1.30. The van der Waals surface area contributed by atoms with Crippen molar-refractivity contribution in [2.24, 2.45) is 5.41 Å². The van der Waals surface area contributed by atoms with Gasteiger partial charge in [-0.25, -0.2) is 8.42 Å². The summed E-state index contributed by atoms with van der Waals surface area (Å²) in [4.78, 5) is 27.7. The van der Waals surface area contributed by atoms with Crippen LogP contribution in [0.15, 0.2) is 48.5 Å². The fourth-order valence-corrected chi connectivity index (χ4v) is 5.56. The van der Waals surface area contributed by atoms with Crippen LogP contribution in [0.4, 0.5) is 11.4 Å². The third-order valence-corrected chi connectivity index (χ3v) is 6.58. The number of carbonyl (C=O) groups excluding carboxylic acids is 2. The highest BCUT2D eigenvalue weighted by atomic mass is 32.2. The minimum absolute atomic E-state index is 0.0410. The van der Waals surface area contributed by atoms with Crippen molar-refractivity contribution < 1.29 is 18.0 Å². The highest BCUT2D eigenvalue weighted by molar-refractivity contribution is 7.90. The van der Waals surface area contributed by atoms with Crippen molar-refractivity contribution in [1.82, 2.24) is 0 Å². The van der Waals surface area contributed by atoms with Gasteiger partial charge in [0, 0.05) is 23.9 Å². The number of amides is 1. The van der Waals surface area contributed by atoms with Gasteiger partial charge < -0.3 is 0 Å². The maximum absolute atomic E-state index is 13.1. The molecule has 2 aromatic carbocycles. The topological polar surface area (TPSA) is 71.5 Å². The van der Waals surface area contributed by atoms with Crippen LogP contribution >= 0.6 is 0 Å². The largest absolute Gasteiger partial charge is 0.294 e. The van der Waals surface area contributed by atoms with Gasteiger partial charge in [0.2, 0.25) is 5.91 Å². The minimum atomic E-state index is -3.19. The predicted molar refractivity (Wildman–Crippen MR) is 115 cm³/mol. The van der Waals surface area contributed by atoms with E-state index in [2.05, 4.69) is 0 Å². The summed E-state index contributed by atoms with van der Waals surface area (Å²) in [6, 6.07) is 14.8. The molecule has 0 unspecified atom stereocenters. The van der Waals surface area contributed by atoms with Gasteiger partial charge in [-0.3, -0.25) is 14.5 Å². The minimum Gasteiger partial charge on any atom is -0.294 e. The first-order valence-corrected chi connectivity index (χ1v) is 11.6. The van der Waals surface area contributed by atoms with E-state index in [9.17, 15) is 18.0 Å². The lowest BCUT2D eigenvalue weighted by Crippen LogP contribution is -2.33.